The van der Waals surface area contributed by atoms with Crippen LogP contribution < -0.4 is 5.73 Å². The summed E-state index contributed by atoms with van der Waals surface area (Å²) in [6, 6.07) is 1.23. The second kappa shape index (κ2) is 5.37. The lowest BCUT2D eigenvalue weighted by molar-refractivity contribution is 0.0125. The molecule has 1 heterocycles. The van der Waals surface area contributed by atoms with Crippen LogP contribution in [0.15, 0.2) is 18.5 Å². The number of aromatic nitrogens is 1. The molecule has 1 rings (SSSR count). The molecule has 1 aromatic heterocycles. The molecule has 0 saturated carbocycles. The van der Waals surface area contributed by atoms with E-state index in [0.717, 1.165) is 18.4 Å². The Morgan fingerprint density at radius 2 is 2.19 bits per heavy atom. The molecule has 1 unspecified atom stereocenters. The first-order valence-corrected chi connectivity index (χ1v) is 5.36. The standard InChI is InChI=1S/C12H19FN2O/c1-12(2,16-3)5-4-11(14)9-6-10(13)8-15-7-9/h6-8,11H,4-5,14H2,1-3H3. The van der Waals surface area contributed by atoms with Gasteiger partial charge in [0, 0.05) is 19.3 Å². The molecule has 90 valence electrons. The maximum atomic E-state index is 12.9. The number of pyridine rings is 1. The fraction of sp³-hybridized carbons (Fsp3) is 0.583. The maximum Gasteiger partial charge on any atom is 0.141 e. The summed E-state index contributed by atoms with van der Waals surface area (Å²) in [5.41, 5.74) is 6.50. The summed E-state index contributed by atoms with van der Waals surface area (Å²) in [6.07, 6.45) is 4.34. The van der Waals surface area contributed by atoms with Crippen molar-refractivity contribution in [2.75, 3.05) is 7.11 Å². The number of rotatable bonds is 5. The second-order valence-corrected chi connectivity index (χ2v) is 4.55. The minimum atomic E-state index is -0.348. The van der Waals surface area contributed by atoms with Crippen LogP contribution in [0.25, 0.3) is 0 Å². The van der Waals surface area contributed by atoms with Gasteiger partial charge in [-0.15, -0.1) is 0 Å². The molecular weight excluding hydrogens is 207 g/mol. The van der Waals surface area contributed by atoms with Crippen LogP contribution in [0.1, 0.15) is 38.3 Å². The highest BCUT2D eigenvalue weighted by Crippen LogP contribution is 2.22. The van der Waals surface area contributed by atoms with Gasteiger partial charge in [-0.3, -0.25) is 4.98 Å². The first kappa shape index (κ1) is 13.1. The Labute approximate surface area is 95.8 Å². The molecule has 4 heteroatoms. The van der Waals surface area contributed by atoms with Gasteiger partial charge in [0.05, 0.1) is 11.8 Å². The van der Waals surface area contributed by atoms with Gasteiger partial charge in [0.25, 0.3) is 0 Å². The van der Waals surface area contributed by atoms with Crippen molar-refractivity contribution >= 4 is 0 Å². The third kappa shape index (κ3) is 3.87. The normalized spacial score (nSPS) is 13.8. The summed E-state index contributed by atoms with van der Waals surface area (Å²) in [4.78, 5) is 3.78. The van der Waals surface area contributed by atoms with Gasteiger partial charge in [-0.2, -0.15) is 0 Å². The Bertz CT molecular complexity index is 342. The van der Waals surface area contributed by atoms with Crippen LogP contribution in [-0.2, 0) is 4.74 Å². The highest BCUT2D eigenvalue weighted by Gasteiger charge is 2.18. The van der Waals surface area contributed by atoms with E-state index < -0.39 is 0 Å². The summed E-state index contributed by atoms with van der Waals surface area (Å²) >= 11 is 0. The lowest BCUT2D eigenvalue weighted by Crippen LogP contribution is -2.24. The van der Waals surface area contributed by atoms with Crippen LogP contribution in [0.4, 0.5) is 4.39 Å². The molecule has 0 aromatic carbocycles. The van der Waals surface area contributed by atoms with E-state index >= 15 is 0 Å². The van der Waals surface area contributed by atoms with E-state index in [1.165, 1.54) is 12.3 Å². The van der Waals surface area contributed by atoms with Crippen molar-refractivity contribution < 1.29 is 9.13 Å². The molecule has 0 bridgehead atoms. The first-order valence-electron chi connectivity index (χ1n) is 5.36. The molecule has 0 saturated heterocycles. The Kier molecular flexibility index (Phi) is 4.38. The number of halogens is 1. The van der Waals surface area contributed by atoms with Crippen molar-refractivity contribution in [3.63, 3.8) is 0 Å². The van der Waals surface area contributed by atoms with Crippen molar-refractivity contribution in [2.24, 2.45) is 5.73 Å². The molecule has 1 atom stereocenters. The largest absolute Gasteiger partial charge is 0.379 e. The number of hydrogen-bond donors (Lipinski definition) is 1. The third-order valence-corrected chi connectivity index (χ3v) is 2.76. The Morgan fingerprint density at radius 1 is 1.50 bits per heavy atom. The fourth-order valence-electron chi connectivity index (χ4n) is 1.40. The monoisotopic (exact) mass is 226 g/mol. The summed E-state index contributed by atoms with van der Waals surface area (Å²) in [6.45, 7) is 4.01. The predicted octanol–water partition coefficient (Wildman–Crippen LogP) is 2.43. The van der Waals surface area contributed by atoms with E-state index in [0.29, 0.717) is 0 Å². The van der Waals surface area contributed by atoms with Gasteiger partial charge in [-0.25, -0.2) is 4.39 Å². The van der Waals surface area contributed by atoms with Crippen molar-refractivity contribution in [3.8, 4) is 0 Å². The van der Waals surface area contributed by atoms with Crippen molar-refractivity contribution in [3.05, 3.63) is 29.8 Å². The molecule has 0 aliphatic carbocycles. The van der Waals surface area contributed by atoms with Crippen molar-refractivity contribution in [2.45, 2.75) is 38.3 Å². The van der Waals surface area contributed by atoms with Crippen LogP contribution in [0.5, 0.6) is 0 Å². The van der Waals surface area contributed by atoms with Crippen LogP contribution >= 0.6 is 0 Å². The molecule has 0 spiro atoms. The molecule has 2 N–H and O–H groups in total. The molecule has 0 fully saturated rings. The SMILES string of the molecule is COC(C)(C)CCC(N)c1cncc(F)c1. The summed E-state index contributed by atoms with van der Waals surface area (Å²) in [7, 11) is 1.68. The Morgan fingerprint density at radius 3 is 2.75 bits per heavy atom. The number of ether oxygens (including phenoxy) is 1. The van der Waals surface area contributed by atoms with Crippen molar-refractivity contribution in [1.82, 2.24) is 4.98 Å². The highest BCUT2D eigenvalue weighted by atomic mass is 19.1. The van der Waals surface area contributed by atoms with E-state index in [4.69, 9.17) is 10.5 Å². The molecule has 0 amide bonds. The van der Waals surface area contributed by atoms with Gasteiger partial charge >= 0.3 is 0 Å². The first-order chi connectivity index (χ1) is 7.44. The van der Waals surface area contributed by atoms with Crippen molar-refractivity contribution in [1.29, 1.82) is 0 Å². The summed E-state index contributed by atoms with van der Waals surface area (Å²) in [5, 5.41) is 0. The third-order valence-electron chi connectivity index (χ3n) is 2.76. The zero-order chi connectivity index (χ0) is 12.2. The Hall–Kier alpha value is -1.00. The highest BCUT2D eigenvalue weighted by molar-refractivity contribution is 5.14. The molecule has 16 heavy (non-hydrogen) atoms. The fourth-order valence-corrected chi connectivity index (χ4v) is 1.40. The molecule has 0 aliphatic rings. The van der Waals surface area contributed by atoms with Gasteiger partial charge in [0.15, 0.2) is 0 Å². The van der Waals surface area contributed by atoms with E-state index in [2.05, 4.69) is 4.98 Å². The second-order valence-electron chi connectivity index (χ2n) is 4.55. The minimum absolute atomic E-state index is 0.196. The number of nitrogens with two attached hydrogens (primary N) is 1. The van der Waals surface area contributed by atoms with Gasteiger partial charge in [-0.05, 0) is 38.3 Å². The van der Waals surface area contributed by atoms with E-state index in [-0.39, 0.29) is 17.5 Å². The van der Waals surface area contributed by atoms with Gasteiger partial charge in [0.1, 0.15) is 5.82 Å². The molecule has 0 radical (unpaired) electrons. The predicted molar refractivity (Wildman–Crippen MR) is 61.4 cm³/mol. The smallest absolute Gasteiger partial charge is 0.141 e. The van der Waals surface area contributed by atoms with E-state index in [1.54, 1.807) is 13.3 Å². The quantitative estimate of drug-likeness (QED) is 0.838. The zero-order valence-electron chi connectivity index (χ0n) is 10.0. The van der Waals surface area contributed by atoms with Crippen LogP contribution in [0, 0.1) is 5.82 Å². The van der Waals surface area contributed by atoms with Gasteiger partial charge in [0.2, 0.25) is 0 Å². The van der Waals surface area contributed by atoms with Gasteiger partial charge < -0.3 is 10.5 Å². The molecular formula is C12H19FN2O. The minimum Gasteiger partial charge on any atom is -0.379 e. The summed E-state index contributed by atoms with van der Waals surface area (Å²) in [5.74, 6) is -0.348. The lowest BCUT2D eigenvalue weighted by atomic mass is 9.96. The van der Waals surface area contributed by atoms with E-state index in [9.17, 15) is 4.39 Å². The van der Waals surface area contributed by atoms with Gasteiger partial charge in [-0.1, -0.05) is 0 Å². The Balaban J connectivity index is 2.56. The van der Waals surface area contributed by atoms with Crippen LogP contribution in [-0.4, -0.2) is 17.7 Å². The molecule has 1 aromatic rings. The number of methoxy groups -OCH3 is 1. The molecule has 0 aliphatic heterocycles. The zero-order valence-corrected chi connectivity index (χ0v) is 10.0. The van der Waals surface area contributed by atoms with E-state index in [1.807, 2.05) is 13.8 Å². The maximum absolute atomic E-state index is 12.9. The lowest BCUT2D eigenvalue weighted by Gasteiger charge is -2.24. The number of nitrogens with zero attached hydrogens (tertiary/aromatic N) is 1. The number of hydrogen-bond acceptors (Lipinski definition) is 3. The summed E-state index contributed by atoms with van der Waals surface area (Å²) < 4.78 is 18.2. The van der Waals surface area contributed by atoms with Crippen LogP contribution in [0.2, 0.25) is 0 Å². The molecule has 3 nitrogen and oxygen atoms in total. The average Bonchev–Trinajstić information content (AvgIpc) is 2.26. The van der Waals surface area contributed by atoms with Crippen LogP contribution in [0.3, 0.4) is 0 Å². The average molecular weight is 226 g/mol. The topological polar surface area (TPSA) is 48.1 Å².